The monoisotopic (exact) mass is 261 g/mol. The predicted octanol–water partition coefficient (Wildman–Crippen LogP) is 1.95. The van der Waals surface area contributed by atoms with E-state index in [1.807, 2.05) is 0 Å². The molecule has 8 heteroatoms. The molecule has 0 saturated carbocycles. The summed E-state index contributed by atoms with van der Waals surface area (Å²) in [6.45, 7) is 0. The number of halogens is 3. The first-order valence-corrected chi connectivity index (χ1v) is 4.39. The molecule has 5 nitrogen and oxygen atoms in total. The zero-order valence-corrected chi connectivity index (χ0v) is 8.91. The van der Waals surface area contributed by atoms with Crippen molar-refractivity contribution in [1.29, 1.82) is 5.26 Å². The lowest BCUT2D eigenvalue weighted by Crippen LogP contribution is -2.18. The molecule has 0 aliphatic rings. The lowest BCUT2D eigenvalue weighted by Gasteiger charge is -2.12. The second kappa shape index (κ2) is 4.83. The van der Waals surface area contributed by atoms with Gasteiger partial charge in [-0.1, -0.05) is 0 Å². The summed E-state index contributed by atoms with van der Waals surface area (Å²) in [5.41, 5.74) is -1.18. The number of benzene rings is 1. The topological polar surface area (TPSA) is 79.6 Å². The maximum atomic E-state index is 12.1. The quantitative estimate of drug-likeness (QED) is 0.823. The third-order valence-electron chi connectivity index (χ3n) is 1.83. The van der Waals surface area contributed by atoms with Crippen LogP contribution in [0.5, 0.6) is 11.5 Å². The second-order valence-electron chi connectivity index (χ2n) is 3.02. The number of carbonyl (C=O) groups is 1. The van der Waals surface area contributed by atoms with E-state index in [0.29, 0.717) is 6.07 Å². The van der Waals surface area contributed by atoms with Crippen molar-refractivity contribution in [3.8, 4) is 17.6 Å². The average molecular weight is 261 g/mol. The van der Waals surface area contributed by atoms with E-state index in [1.165, 1.54) is 6.07 Å². The molecule has 96 valence electrons. The van der Waals surface area contributed by atoms with Gasteiger partial charge < -0.3 is 14.6 Å². The van der Waals surface area contributed by atoms with Crippen LogP contribution in [0.15, 0.2) is 12.1 Å². The van der Waals surface area contributed by atoms with Gasteiger partial charge in [-0.3, -0.25) is 0 Å². The van der Waals surface area contributed by atoms with Crippen LogP contribution >= 0.6 is 0 Å². The molecule has 0 radical (unpaired) electrons. The van der Waals surface area contributed by atoms with Crippen LogP contribution in [0.2, 0.25) is 0 Å². The Morgan fingerprint density at radius 3 is 2.50 bits per heavy atom. The summed E-state index contributed by atoms with van der Waals surface area (Å²) in [5.74, 6) is -2.69. The van der Waals surface area contributed by atoms with Crippen molar-refractivity contribution >= 4 is 5.97 Å². The normalized spacial score (nSPS) is 10.6. The molecule has 0 saturated heterocycles. The van der Waals surface area contributed by atoms with E-state index in [4.69, 9.17) is 5.26 Å². The van der Waals surface area contributed by atoms with E-state index in [9.17, 15) is 23.1 Å². The molecular formula is C10H6F3NO4. The highest BCUT2D eigenvalue weighted by Crippen LogP contribution is 2.32. The van der Waals surface area contributed by atoms with E-state index in [0.717, 1.165) is 13.2 Å². The molecule has 0 aliphatic carbocycles. The summed E-state index contributed by atoms with van der Waals surface area (Å²) in [7, 11) is 0.984. The molecule has 18 heavy (non-hydrogen) atoms. The van der Waals surface area contributed by atoms with Crippen LogP contribution in [0.1, 0.15) is 15.9 Å². The van der Waals surface area contributed by atoms with Gasteiger partial charge in [0.25, 0.3) is 0 Å². The minimum absolute atomic E-state index is 0.515. The van der Waals surface area contributed by atoms with Crippen LogP contribution in [-0.4, -0.2) is 24.5 Å². The van der Waals surface area contributed by atoms with Gasteiger partial charge in [-0.15, -0.1) is 13.2 Å². The number of hydrogen-bond acceptors (Lipinski definition) is 5. The van der Waals surface area contributed by atoms with Gasteiger partial charge in [0.15, 0.2) is 5.75 Å². The Kier molecular flexibility index (Phi) is 3.66. The summed E-state index contributed by atoms with van der Waals surface area (Å²) in [5, 5.41) is 17.9. The minimum Gasteiger partial charge on any atom is -0.508 e. The highest BCUT2D eigenvalue weighted by Gasteiger charge is 2.33. The fourth-order valence-electron chi connectivity index (χ4n) is 1.19. The largest absolute Gasteiger partial charge is 0.573 e. The Balaban J connectivity index is 3.39. The van der Waals surface area contributed by atoms with Gasteiger partial charge in [0, 0.05) is 6.07 Å². The smallest absolute Gasteiger partial charge is 0.508 e. The number of nitriles is 1. The third-order valence-corrected chi connectivity index (χ3v) is 1.83. The Labute approximate surface area is 99.0 Å². The van der Waals surface area contributed by atoms with Crippen molar-refractivity contribution in [2.24, 2.45) is 0 Å². The van der Waals surface area contributed by atoms with E-state index in [2.05, 4.69) is 9.47 Å². The summed E-state index contributed by atoms with van der Waals surface area (Å²) < 4.78 is 44.1. The number of aromatic hydroxyl groups is 1. The van der Waals surface area contributed by atoms with E-state index in [-0.39, 0.29) is 0 Å². The summed E-state index contributed by atoms with van der Waals surface area (Å²) in [6.07, 6.45) is -5.05. The zero-order valence-electron chi connectivity index (χ0n) is 8.91. The number of carbonyl (C=O) groups excluding carboxylic acids is 1. The molecule has 1 aromatic carbocycles. The molecule has 1 N–H and O–H groups in total. The predicted molar refractivity (Wildman–Crippen MR) is 50.8 cm³/mol. The lowest BCUT2D eigenvalue weighted by molar-refractivity contribution is -0.274. The highest BCUT2D eigenvalue weighted by molar-refractivity contribution is 5.93. The van der Waals surface area contributed by atoms with E-state index < -0.39 is 35.0 Å². The fraction of sp³-hybridized carbons (Fsp3) is 0.200. The standard InChI is InChI=1S/C10H6F3NO4/c1-17-9(16)6-2-5(15)3-8(7(6)4-14)18-10(11,12)13/h2-3,15H,1H3. The van der Waals surface area contributed by atoms with Crippen LogP contribution in [0, 0.1) is 11.3 Å². The molecule has 0 heterocycles. The van der Waals surface area contributed by atoms with Crippen molar-refractivity contribution < 1.29 is 32.5 Å². The van der Waals surface area contributed by atoms with E-state index >= 15 is 0 Å². The van der Waals surface area contributed by atoms with E-state index in [1.54, 1.807) is 0 Å². The maximum Gasteiger partial charge on any atom is 0.573 e. The van der Waals surface area contributed by atoms with Gasteiger partial charge in [-0.05, 0) is 6.07 Å². The number of methoxy groups -OCH3 is 1. The SMILES string of the molecule is COC(=O)c1cc(O)cc(OC(F)(F)F)c1C#N. The van der Waals surface area contributed by atoms with Gasteiger partial charge in [0.2, 0.25) is 0 Å². The summed E-state index contributed by atoms with van der Waals surface area (Å²) in [4.78, 5) is 11.2. The molecule has 0 aliphatic heterocycles. The first-order chi connectivity index (χ1) is 8.28. The summed E-state index contributed by atoms with van der Waals surface area (Å²) in [6, 6.07) is 2.79. The number of esters is 1. The number of rotatable bonds is 2. The highest BCUT2D eigenvalue weighted by atomic mass is 19.4. The Bertz CT molecular complexity index is 519. The number of ether oxygens (including phenoxy) is 2. The average Bonchev–Trinajstić information content (AvgIpc) is 2.25. The molecular weight excluding hydrogens is 255 g/mol. The van der Waals surface area contributed by atoms with Crippen molar-refractivity contribution in [3.05, 3.63) is 23.3 Å². The molecule has 0 bridgehead atoms. The van der Waals surface area contributed by atoms with Gasteiger partial charge in [0.05, 0.1) is 12.7 Å². The Morgan fingerprint density at radius 1 is 1.44 bits per heavy atom. The molecule has 0 fully saturated rings. The van der Waals surface area contributed by atoms with Gasteiger partial charge in [-0.25, -0.2) is 4.79 Å². The molecule has 1 aromatic rings. The van der Waals surface area contributed by atoms with Gasteiger partial charge >= 0.3 is 12.3 Å². The number of phenols is 1. The molecule has 0 atom stereocenters. The lowest BCUT2D eigenvalue weighted by atomic mass is 10.1. The Morgan fingerprint density at radius 2 is 2.06 bits per heavy atom. The summed E-state index contributed by atoms with van der Waals surface area (Å²) >= 11 is 0. The number of alkyl halides is 3. The third kappa shape index (κ3) is 3.04. The molecule has 1 rings (SSSR count). The molecule has 0 spiro atoms. The van der Waals surface area contributed by atoms with Crippen LogP contribution in [0.4, 0.5) is 13.2 Å². The van der Waals surface area contributed by atoms with Crippen molar-refractivity contribution in [3.63, 3.8) is 0 Å². The van der Waals surface area contributed by atoms with Crippen LogP contribution in [0.3, 0.4) is 0 Å². The van der Waals surface area contributed by atoms with Gasteiger partial charge in [0.1, 0.15) is 17.4 Å². The van der Waals surface area contributed by atoms with Crippen molar-refractivity contribution in [2.75, 3.05) is 7.11 Å². The first-order valence-electron chi connectivity index (χ1n) is 4.39. The van der Waals surface area contributed by atoms with Gasteiger partial charge in [-0.2, -0.15) is 5.26 Å². The molecule has 0 unspecified atom stereocenters. The molecule has 0 amide bonds. The molecule has 0 aromatic heterocycles. The van der Waals surface area contributed by atoms with Crippen molar-refractivity contribution in [2.45, 2.75) is 6.36 Å². The number of phenolic OH excluding ortho intramolecular Hbond substituents is 1. The maximum absolute atomic E-state index is 12.1. The zero-order chi connectivity index (χ0) is 13.9. The fourth-order valence-corrected chi connectivity index (χ4v) is 1.19. The van der Waals surface area contributed by atoms with Crippen molar-refractivity contribution in [1.82, 2.24) is 0 Å². The van der Waals surface area contributed by atoms with Crippen LogP contribution in [0.25, 0.3) is 0 Å². The Hall–Kier alpha value is -2.43. The number of hydrogen-bond donors (Lipinski definition) is 1. The first kappa shape index (κ1) is 13.6. The minimum atomic E-state index is -5.05. The second-order valence-corrected chi connectivity index (χ2v) is 3.02. The number of nitrogens with zero attached hydrogens (tertiary/aromatic N) is 1. The van der Waals surface area contributed by atoms with Crippen LogP contribution in [-0.2, 0) is 4.74 Å². The van der Waals surface area contributed by atoms with Crippen LogP contribution < -0.4 is 4.74 Å².